The van der Waals surface area contributed by atoms with Crippen molar-refractivity contribution in [3.63, 3.8) is 0 Å². The van der Waals surface area contributed by atoms with Crippen LogP contribution in [0.5, 0.6) is 0 Å². The lowest BCUT2D eigenvalue weighted by Gasteiger charge is -2.35. The lowest BCUT2D eigenvalue weighted by molar-refractivity contribution is -0.142. The second-order valence-corrected chi connectivity index (χ2v) is 6.28. The highest BCUT2D eigenvalue weighted by atomic mass is 16.3. The molecule has 2 aliphatic rings. The van der Waals surface area contributed by atoms with E-state index >= 15 is 0 Å². The molecule has 2 saturated heterocycles. The smallest absolute Gasteiger partial charge is 0.230 e. The van der Waals surface area contributed by atoms with Gasteiger partial charge in [0.05, 0.1) is 11.5 Å². The van der Waals surface area contributed by atoms with Gasteiger partial charge in [0, 0.05) is 25.6 Å². The van der Waals surface area contributed by atoms with Crippen molar-refractivity contribution in [1.29, 1.82) is 0 Å². The second-order valence-electron chi connectivity index (χ2n) is 6.28. The Morgan fingerprint density at radius 2 is 2.17 bits per heavy atom. The number of carbonyl (C=O) groups is 1. The van der Waals surface area contributed by atoms with Crippen LogP contribution in [-0.4, -0.2) is 48.2 Å². The number of aliphatic hydroxyl groups excluding tert-OH is 1. The topological polar surface area (TPSA) is 52.6 Å². The van der Waals surface area contributed by atoms with Crippen LogP contribution in [-0.2, 0) is 4.79 Å². The Labute approximate surface area is 110 Å². The molecule has 0 aliphatic carbocycles. The Hall–Kier alpha value is -0.610. The van der Waals surface area contributed by atoms with Crippen molar-refractivity contribution in [2.24, 2.45) is 17.3 Å². The van der Waals surface area contributed by atoms with Crippen LogP contribution < -0.4 is 5.32 Å². The molecule has 1 amide bonds. The minimum absolute atomic E-state index is 0.215. The van der Waals surface area contributed by atoms with Gasteiger partial charge in [0.1, 0.15) is 0 Å². The van der Waals surface area contributed by atoms with Gasteiger partial charge in [-0.25, -0.2) is 0 Å². The van der Waals surface area contributed by atoms with Crippen molar-refractivity contribution in [2.75, 3.05) is 26.2 Å². The maximum absolute atomic E-state index is 12.8. The van der Waals surface area contributed by atoms with Crippen LogP contribution >= 0.6 is 0 Å². The van der Waals surface area contributed by atoms with Crippen LogP contribution in [0.25, 0.3) is 0 Å². The van der Waals surface area contributed by atoms with Gasteiger partial charge < -0.3 is 15.3 Å². The first kappa shape index (κ1) is 13.8. The van der Waals surface area contributed by atoms with Gasteiger partial charge in [0.25, 0.3) is 0 Å². The van der Waals surface area contributed by atoms with Gasteiger partial charge >= 0.3 is 0 Å². The normalized spacial score (nSPS) is 34.3. The fourth-order valence-electron chi connectivity index (χ4n) is 3.31. The second kappa shape index (κ2) is 5.17. The molecule has 4 nitrogen and oxygen atoms in total. The zero-order valence-corrected chi connectivity index (χ0v) is 11.8. The zero-order valence-electron chi connectivity index (χ0n) is 11.8. The molecule has 104 valence electrons. The van der Waals surface area contributed by atoms with E-state index in [0.717, 1.165) is 39.0 Å². The first-order valence-electron chi connectivity index (χ1n) is 7.15. The van der Waals surface area contributed by atoms with Gasteiger partial charge in [-0.1, -0.05) is 13.8 Å². The summed E-state index contributed by atoms with van der Waals surface area (Å²) in [5.74, 6) is 0.920. The lowest BCUT2D eigenvalue weighted by atomic mass is 9.75. The fourth-order valence-corrected chi connectivity index (χ4v) is 3.31. The summed E-state index contributed by atoms with van der Waals surface area (Å²) in [4.78, 5) is 14.8. The van der Waals surface area contributed by atoms with Gasteiger partial charge in [-0.15, -0.1) is 0 Å². The monoisotopic (exact) mass is 254 g/mol. The molecular formula is C14H26N2O2. The molecule has 18 heavy (non-hydrogen) atoms. The van der Waals surface area contributed by atoms with Crippen molar-refractivity contribution in [3.05, 3.63) is 0 Å². The molecule has 0 aromatic heterocycles. The molecule has 0 aromatic carbocycles. The van der Waals surface area contributed by atoms with Crippen LogP contribution in [0.1, 0.15) is 33.6 Å². The number of aliphatic hydroxyl groups is 1. The van der Waals surface area contributed by atoms with Gasteiger partial charge in [-0.2, -0.15) is 0 Å². The third kappa shape index (κ3) is 2.28. The largest absolute Gasteiger partial charge is 0.393 e. The predicted molar refractivity (Wildman–Crippen MR) is 71.1 cm³/mol. The van der Waals surface area contributed by atoms with Crippen molar-refractivity contribution >= 4 is 5.91 Å². The van der Waals surface area contributed by atoms with E-state index in [1.165, 1.54) is 0 Å². The van der Waals surface area contributed by atoms with Gasteiger partial charge in [0.2, 0.25) is 5.91 Å². The summed E-state index contributed by atoms with van der Waals surface area (Å²) >= 11 is 0. The minimum atomic E-state index is -0.306. The summed E-state index contributed by atoms with van der Waals surface area (Å²) in [6, 6.07) is 0. The summed E-state index contributed by atoms with van der Waals surface area (Å²) < 4.78 is 0. The van der Waals surface area contributed by atoms with Crippen molar-refractivity contribution in [1.82, 2.24) is 10.2 Å². The molecule has 0 bridgehead atoms. The molecule has 0 radical (unpaired) electrons. The average molecular weight is 254 g/mol. The van der Waals surface area contributed by atoms with E-state index in [2.05, 4.69) is 19.2 Å². The minimum Gasteiger partial charge on any atom is -0.393 e. The van der Waals surface area contributed by atoms with E-state index in [0.29, 0.717) is 11.8 Å². The first-order valence-corrected chi connectivity index (χ1v) is 7.15. The summed E-state index contributed by atoms with van der Waals surface area (Å²) in [7, 11) is 0. The summed E-state index contributed by atoms with van der Waals surface area (Å²) in [6.07, 6.45) is 1.57. The molecule has 2 rings (SSSR count). The van der Waals surface area contributed by atoms with E-state index in [9.17, 15) is 9.90 Å². The molecule has 4 heteroatoms. The molecule has 2 N–H and O–H groups in total. The van der Waals surface area contributed by atoms with Crippen molar-refractivity contribution in [2.45, 2.75) is 39.7 Å². The van der Waals surface area contributed by atoms with E-state index in [-0.39, 0.29) is 17.4 Å². The SMILES string of the molecule is CC(O)C1CCN(C(=O)C2(C(C)C)CCNC2)C1. The van der Waals surface area contributed by atoms with Crippen LogP contribution in [0.4, 0.5) is 0 Å². The Kier molecular flexibility index (Phi) is 3.97. The highest BCUT2D eigenvalue weighted by Gasteiger charge is 2.47. The van der Waals surface area contributed by atoms with Gasteiger partial charge in [0.15, 0.2) is 0 Å². The highest BCUT2D eigenvalue weighted by molar-refractivity contribution is 5.84. The van der Waals surface area contributed by atoms with Gasteiger partial charge in [-0.3, -0.25) is 4.79 Å². The van der Waals surface area contributed by atoms with Crippen molar-refractivity contribution in [3.8, 4) is 0 Å². The third-order valence-electron chi connectivity index (χ3n) is 4.91. The number of likely N-dealkylation sites (tertiary alicyclic amines) is 1. The van der Waals surface area contributed by atoms with Crippen LogP contribution in [0, 0.1) is 17.3 Å². The zero-order chi connectivity index (χ0) is 13.3. The Morgan fingerprint density at radius 3 is 2.61 bits per heavy atom. The quantitative estimate of drug-likeness (QED) is 0.785. The molecule has 2 heterocycles. The lowest BCUT2D eigenvalue weighted by Crippen LogP contribution is -2.47. The highest BCUT2D eigenvalue weighted by Crippen LogP contribution is 2.37. The number of nitrogens with zero attached hydrogens (tertiary/aromatic N) is 1. The maximum atomic E-state index is 12.8. The molecular weight excluding hydrogens is 228 g/mol. The number of carbonyl (C=O) groups excluding carboxylic acids is 1. The molecule has 2 fully saturated rings. The standard InChI is InChI=1S/C14H26N2O2/c1-10(2)14(5-6-15-9-14)13(18)16-7-4-12(8-16)11(3)17/h10-12,15,17H,4-9H2,1-3H3. The van der Waals surface area contributed by atoms with Crippen LogP contribution in [0.2, 0.25) is 0 Å². The van der Waals surface area contributed by atoms with E-state index < -0.39 is 0 Å². The number of hydrogen-bond donors (Lipinski definition) is 2. The van der Waals surface area contributed by atoms with Crippen LogP contribution in [0.15, 0.2) is 0 Å². The number of nitrogens with one attached hydrogen (secondary N) is 1. The Bertz CT molecular complexity index is 309. The van der Waals surface area contributed by atoms with Crippen molar-refractivity contribution < 1.29 is 9.90 Å². The molecule has 2 aliphatic heterocycles. The van der Waals surface area contributed by atoms with E-state index in [1.807, 2.05) is 11.8 Å². The Morgan fingerprint density at radius 1 is 1.44 bits per heavy atom. The summed E-state index contributed by atoms with van der Waals surface area (Å²) in [5.41, 5.74) is -0.215. The number of amides is 1. The molecule has 0 saturated carbocycles. The maximum Gasteiger partial charge on any atom is 0.230 e. The molecule has 3 unspecified atom stereocenters. The predicted octanol–water partition coefficient (Wildman–Crippen LogP) is 0.851. The van der Waals surface area contributed by atoms with E-state index in [1.54, 1.807) is 0 Å². The fraction of sp³-hybridized carbons (Fsp3) is 0.929. The summed E-state index contributed by atoms with van der Waals surface area (Å²) in [6.45, 7) is 9.40. The molecule has 3 atom stereocenters. The van der Waals surface area contributed by atoms with Gasteiger partial charge in [-0.05, 0) is 32.2 Å². The number of hydrogen-bond acceptors (Lipinski definition) is 3. The molecule has 0 spiro atoms. The molecule has 0 aromatic rings. The average Bonchev–Trinajstić information content (AvgIpc) is 2.98. The summed E-state index contributed by atoms with van der Waals surface area (Å²) in [5, 5.41) is 13.0. The van der Waals surface area contributed by atoms with Crippen LogP contribution in [0.3, 0.4) is 0 Å². The third-order valence-corrected chi connectivity index (χ3v) is 4.91. The van der Waals surface area contributed by atoms with E-state index in [4.69, 9.17) is 0 Å². The first-order chi connectivity index (χ1) is 8.47. The number of rotatable bonds is 3. The Balaban J connectivity index is 2.07.